The SMILES string of the molecule is C[C@H]1CC(=O)CS1. The smallest absolute Gasteiger partial charge is 0.143 e. The third kappa shape index (κ3) is 1.20. The first-order chi connectivity index (χ1) is 3.29. The van der Waals surface area contributed by atoms with E-state index >= 15 is 0 Å². The molecule has 0 amide bonds. The average Bonchev–Trinajstić information content (AvgIpc) is 1.87. The molecule has 1 aliphatic heterocycles. The van der Waals surface area contributed by atoms with Crippen molar-refractivity contribution < 1.29 is 4.79 Å². The van der Waals surface area contributed by atoms with Crippen molar-refractivity contribution in [3.05, 3.63) is 0 Å². The maximum atomic E-state index is 10.4. The molecule has 1 nitrogen and oxygen atoms in total. The minimum atomic E-state index is 0.414. The number of carbonyl (C=O) groups is 1. The number of Topliss-reactive ketones (excluding diaryl/α,β-unsaturated/α-hetero) is 1. The van der Waals surface area contributed by atoms with Crippen LogP contribution < -0.4 is 0 Å². The van der Waals surface area contributed by atoms with E-state index in [1.54, 1.807) is 11.8 Å². The first-order valence-corrected chi connectivity index (χ1v) is 3.47. The topological polar surface area (TPSA) is 17.1 Å². The Morgan fingerprint density at radius 1 is 1.86 bits per heavy atom. The van der Waals surface area contributed by atoms with Crippen LogP contribution in [0.5, 0.6) is 0 Å². The van der Waals surface area contributed by atoms with Crippen LogP contribution in [0.4, 0.5) is 0 Å². The van der Waals surface area contributed by atoms with Crippen molar-refractivity contribution in [3.8, 4) is 0 Å². The Balaban J connectivity index is 2.40. The standard InChI is InChI=1S/C5H8OS/c1-4-2-5(6)3-7-4/h4H,2-3H2,1H3/t4-/m0/s1. The Kier molecular flexibility index (Phi) is 1.38. The lowest BCUT2D eigenvalue weighted by atomic mass is 10.3. The molecule has 1 heterocycles. The van der Waals surface area contributed by atoms with Crippen LogP contribution in [0.2, 0.25) is 0 Å². The third-order valence-electron chi connectivity index (χ3n) is 1.04. The summed E-state index contributed by atoms with van der Waals surface area (Å²) in [6.45, 7) is 2.09. The number of rotatable bonds is 0. The zero-order valence-electron chi connectivity index (χ0n) is 4.31. The normalized spacial score (nSPS) is 31.6. The second kappa shape index (κ2) is 1.86. The van der Waals surface area contributed by atoms with Gasteiger partial charge in [-0.05, 0) is 0 Å². The number of carbonyl (C=O) groups excluding carboxylic acids is 1. The molecule has 0 bridgehead atoms. The molecular weight excluding hydrogens is 108 g/mol. The molecule has 0 aliphatic carbocycles. The Hall–Kier alpha value is 0.0200. The molecular formula is C5H8OS. The molecule has 40 valence electrons. The highest BCUT2D eigenvalue weighted by atomic mass is 32.2. The molecule has 1 fully saturated rings. The molecule has 0 saturated carbocycles. The van der Waals surface area contributed by atoms with E-state index in [0.29, 0.717) is 11.0 Å². The summed E-state index contributed by atoms with van der Waals surface area (Å²) in [5, 5.41) is 0.590. The first kappa shape index (κ1) is 5.16. The van der Waals surface area contributed by atoms with Crippen molar-refractivity contribution in [2.45, 2.75) is 18.6 Å². The van der Waals surface area contributed by atoms with E-state index < -0.39 is 0 Å². The molecule has 0 N–H and O–H groups in total. The van der Waals surface area contributed by atoms with Crippen LogP contribution in [0.1, 0.15) is 13.3 Å². The van der Waals surface area contributed by atoms with Crippen LogP contribution in [-0.4, -0.2) is 16.8 Å². The Bertz CT molecular complexity index is 90.1. The summed E-state index contributed by atoms with van der Waals surface area (Å²) >= 11 is 1.76. The van der Waals surface area contributed by atoms with Gasteiger partial charge in [-0.1, -0.05) is 6.92 Å². The summed E-state index contributed by atoms with van der Waals surface area (Å²) in [5.41, 5.74) is 0. The van der Waals surface area contributed by atoms with Crippen molar-refractivity contribution >= 4 is 17.5 Å². The van der Waals surface area contributed by atoms with E-state index in [1.165, 1.54) is 0 Å². The summed E-state index contributed by atoms with van der Waals surface area (Å²) in [5.74, 6) is 1.17. The van der Waals surface area contributed by atoms with Gasteiger partial charge in [-0.15, -0.1) is 0 Å². The van der Waals surface area contributed by atoms with E-state index in [4.69, 9.17) is 0 Å². The zero-order chi connectivity index (χ0) is 5.28. The van der Waals surface area contributed by atoms with E-state index in [9.17, 15) is 4.79 Å². The van der Waals surface area contributed by atoms with Crippen molar-refractivity contribution in [1.29, 1.82) is 0 Å². The molecule has 7 heavy (non-hydrogen) atoms. The number of hydrogen-bond acceptors (Lipinski definition) is 2. The van der Waals surface area contributed by atoms with Crippen LogP contribution in [0.15, 0.2) is 0 Å². The van der Waals surface area contributed by atoms with Gasteiger partial charge < -0.3 is 0 Å². The lowest BCUT2D eigenvalue weighted by Crippen LogP contribution is -1.93. The molecule has 0 radical (unpaired) electrons. The maximum absolute atomic E-state index is 10.4. The van der Waals surface area contributed by atoms with Crippen molar-refractivity contribution in [2.75, 3.05) is 5.75 Å². The first-order valence-electron chi connectivity index (χ1n) is 2.42. The van der Waals surface area contributed by atoms with Gasteiger partial charge in [0.1, 0.15) is 5.78 Å². The summed E-state index contributed by atoms with van der Waals surface area (Å²) < 4.78 is 0. The zero-order valence-corrected chi connectivity index (χ0v) is 5.12. The number of thioether (sulfide) groups is 1. The molecule has 1 atom stereocenters. The van der Waals surface area contributed by atoms with E-state index in [0.717, 1.165) is 12.2 Å². The summed E-state index contributed by atoms with van der Waals surface area (Å²) in [7, 11) is 0. The Morgan fingerprint density at radius 3 is 2.71 bits per heavy atom. The average molecular weight is 116 g/mol. The summed E-state index contributed by atoms with van der Waals surface area (Å²) in [6.07, 6.45) is 0.796. The molecule has 1 saturated heterocycles. The molecule has 1 rings (SSSR count). The Labute approximate surface area is 47.5 Å². The highest BCUT2D eigenvalue weighted by Gasteiger charge is 2.17. The van der Waals surface area contributed by atoms with Crippen molar-refractivity contribution in [2.24, 2.45) is 0 Å². The molecule has 0 aromatic carbocycles. The predicted octanol–water partition coefficient (Wildman–Crippen LogP) is 1.08. The summed E-state index contributed by atoms with van der Waals surface area (Å²) in [6, 6.07) is 0. The fourth-order valence-electron chi connectivity index (χ4n) is 0.674. The minimum absolute atomic E-state index is 0.414. The van der Waals surface area contributed by atoms with Gasteiger partial charge in [0.15, 0.2) is 0 Å². The van der Waals surface area contributed by atoms with Gasteiger partial charge in [0.2, 0.25) is 0 Å². The maximum Gasteiger partial charge on any atom is 0.143 e. The van der Waals surface area contributed by atoms with Crippen molar-refractivity contribution in [3.63, 3.8) is 0 Å². The molecule has 0 aromatic heterocycles. The minimum Gasteiger partial charge on any atom is -0.299 e. The third-order valence-corrected chi connectivity index (χ3v) is 2.27. The Morgan fingerprint density at radius 2 is 2.57 bits per heavy atom. The fourth-order valence-corrected chi connectivity index (χ4v) is 1.57. The van der Waals surface area contributed by atoms with Gasteiger partial charge in [-0.25, -0.2) is 0 Å². The van der Waals surface area contributed by atoms with Crippen LogP contribution in [0.3, 0.4) is 0 Å². The van der Waals surface area contributed by atoms with Crippen molar-refractivity contribution in [1.82, 2.24) is 0 Å². The van der Waals surface area contributed by atoms with Gasteiger partial charge in [-0.3, -0.25) is 4.79 Å². The molecule has 1 aliphatic rings. The van der Waals surface area contributed by atoms with E-state index in [-0.39, 0.29) is 0 Å². The molecule has 0 spiro atoms. The van der Waals surface area contributed by atoms with Crippen LogP contribution in [0.25, 0.3) is 0 Å². The van der Waals surface area contributed by atoms with E-state index in [2.05, 4.69) is 6.92 Å². The highest BCUT2D eigenvalue weighted by molar-refractivity contribution is 8.01. The molecule has 0 unspecified atom stereocenters. The van der Waals surface area contributed by atoms with Gasteiger partial charge >= 0.3 is 0 Å². The van der Waals surface area contributed by atoms with Crippen LogP contribution in [-0.2, 0) is 4.79 Å². The largest absolute Gasteiger partial charge is 0.299 e. The lowest BCUT2D eigenvalue weighted by molar-refractivity contribution is -0.116. The second-order valence-corrected chi connectivity index (χ2v) is 3.29. The fraction of sp³-hybridized carbons (Fsp3) is 0.800. The summed E-state index contributed by atoms with van der Waals surface area (Å²) in [4.78, 5) is 10.4. The van der Waals surface area contributed by atoms with Gasteiger partial charge in [0.25, 0.3) is 0 Å². The monoisotopic (exact) mass is 116 g/mol. The quantitative estimate of drug-likeness (QED) is 0.471. The molecule has 2 heteroatoms. The lowest BCUT2D eigenvalue weighted by Gasteiger charge is -1.89. The predicted molar refractivity (Wildman–Crippen MR) is 31.5 cm³/mol. The van der Waals surface area contributed by atoms with Crippen LogP contribution >= 0.6 is 11.8 Å². The second-order valence-electron chi connectivity index (χ2n) is 1.86. The number of hydrogen-bond donors (Lipinski definition) is 0. The van der Waals surface area contributed by atoms with E-state index in [1.807, 2.05) is 0 Å². The van der Waals surface area contributed by atoms with Gasteiger partial charge in [-0.2, -0.15) is 11.8 Å². The molecule has 0 aromatic rings. The number of ketones is 1. The van der Waals surface area contributed by atoms with Gasteiger partial charge in [0.05, 0.1) is 5.75 Å². The van der Waals surface area contributed by atoms with Gasteiger partial charge in [0, 0.05) is 11.7 Å². The highest BCUT2D eigenvalue weighted by Crippen LogP contribution is 2.21. The van der Waals surface area contributed by atoms with Crippen LogP contribution in [0, 0.1) is 0 Å².